The van der Waals surface area contributed by atoms with E-state index in [0.717, 1.165) is 5.69 Å². The van der Waals surface area contributed by atoms with Crippen LogP contribution in [0, 0.1) is 5.82 Å². The lowest BCUT2D eigenvalue weighted by Gasteiger charge is -2.19. The number of hydrogen-bond donors (Lipinski definition) is 0. The van der Waals surface area contributed by atoms with Gasteiger partial charge < -0.3 is 4.74 Å². The molecule has 5 nitrogen and oxygen atoms in total. The second-order valence-electron chi connectivity index (χ2n) is 6.28. The molecule has 0 atom stereocenters. The van der Waals surface area contributed by atoms with Gasteiger partial charge in [-0.1, -0.05) is 17.4 Å². The van der Waals surface area contributed by atoms with Crippen LogP contribution in [0.1, 0.15) is 23.0 Å². The lowest BCUT2D eigenvalue weighted by molar-refractivity contribution is 0.0985. The molecule has 2 heterocycles. The first-order chi connectivity index (χ1) is 14.1. The number of hydrogen-bond acceptors (Lipinski definition) is 5. The number of amides is 1. The Hall–Kier alpha value is -3.32. The van der Waals surface area contributed by atoms with Crippen molar-refractivity contribution in [3.63, 3.8) is 0 Å². The van der Waals surface area contributed by atoms with E-state index in [9.17, 15) is 9.18 Å². The summed E-state index contributed by atoms with van der Waals surface area (Å²) in [4.78, 5) is 23.8. The number of thiazole rings is 1. The maximum absolute atomic E-state index is 13.6. The topological polar surface area (TPSA) is 55.3 Å². The predicted octanol–water partition coefficient (Wildman–Crippen LogP) is 5.08. The van der Waals surface area contributed by atoms with Gasteiger partial charge in [0.2, 0.25) is 0 Å². The maximum atomic E-state index is 13.6. The van der Waals surface area contributed by atoms with Gasteiger partial charge in [-0.25, -0.2) is 9.37 Å². The van der Waals surface area contributed by atoms with Gasteiger partial charge >= 0.3 is 0 Å². The van der Waals surface area contributed by atoms with Gasteiger partial charge in [0.15, 0.2) is 5.13 Å². The van der Waals surface area contributed by atoms with Crippen molar-refractivity contribution in [3.05, 3.63) is 83.9 Å². The van der Waals surface area contributed by atoms with Crippen molar-refractivity contribution in [3.8, 4) is 5.75 Å². The summed E-state index contributed by atoms with van der Waals surface area (Å²) in [7, 11) is 0. The molecule has 146 valence electrons. The molecule has 7 heteroatoms. The third-order valence-electron chi connectivity index (χ3n) is 4.27. The van der Waals surface area contributed by atoms with Crippen molar-refractivity contribution in [1.29, 1.82) is 0 Å². The largest absolute Gasteiger partial charge is 0.494 e. The minimum absolute atomic E-state index is 0.210. The van der Waals surface area contributed by atoms with Gasteiger partial charge in [-0.05, 0) is 61.5 Å². The van der Waals surface area contributed by atoms with Crippen LogP contribution in [0.25, 0.3) is 10.2 Å². The quantitative estimate of drug-likeness (QED) is 0.447. The summed E-state index contributed by atoms with van der Waals surface area (Å²) in [5.74, 6) is 0.163. The first kappa shape index (κ1) is 19.0. The number of fused-ring (bicyclic) bond motifs is 1. The highest BCUT2D eigenvalue weighted by Gasteiger charge is 2.22. The molecule has 29 heavy (non-hydrogen) atoms. The standard InChI is InChI=1S/C22H18FN3O2S/c1-2-28-18-9-6-15(7-10-18)21(27)26(14-17-5-3-4-12-24-17)22-25-19-11-8-16(23)13-20(19)29-22/h3-13H,2,14H2,1H3. The van der Waals surface area contributed by atoms with Crippen molar-refractivity contribution >= 4 is 32.6 Å². The number of aromatic nitrogens is 2. The van der Waals surface area contributed by atoms with E-state index in [0.29, 0.717) is 33.3 Å². The van der Waals surface area contributed by atoms with Crippen LogP contribution in [0.15, 0.2) is 66.9 Å². The number of anilines is 1. The smallest absolute Gasteiger partial charge is 0.260 e. The van der Waals surface area contributed by atoms with Gasteiger partial charge in [-0.15, -0.1) is 0 Å². The van der Waals surface area contributed by atoms with Crippen LogP contribution in [-0.2, 0) is 6.54 Å². The Morgan fingerprint density at radius 2 is 1.97 bits per heavy atom. The monoisotopic (exact) mass is 407 g/mol. The molecule has 0 saturated heterocycles. The van der Waals surface area contributed by atoms with E-state index in [1.807, 2.05) is 25.1 Å². The number of ether oxygens (including phenoxy) is 1. The number of halogens is 1. The minimum Gasteiger partial charge on any atom is -0.494 e. The fraction of sp³-hybridized carbons (Fsp3) is 0.136. The molecular weight excluding hydrogens is 389 g/mol. The summed E-state index contributed by atoms with van der Waals surface area (Å²) < 4.78 is 19.7. The molecule has 0 N–H and O–H groups in total. The highest BCUT2D eigenvalue weighted by Crippen LogP contribution is 2.31. The van der Waals surface area contributed by atoms with Crippen molar-refractivity contribution in [2.24, 2.45) is 0 Å². The molecule has 0 unspecified atom stereocenters. The molecule has 4 rings (SSSR count). The number of benzene rings is 2. The van der Waals surface area contributed by atoms with Gasteiger partial charge in [-0.2, -0.15) is 0 Å². The number of nitrogens with zero attached hydrogens (tertiary/aromatic N) is 3. The number of pyridine rings is 1. The lowest BCUT2D eigenvalue weighted by atomic mass is 10.2. The van der Waals surface area contributed by atoms with Crippen LogP contribution in [0.3, 0.4) is 0 Å². The van der Waals surface area contributed by atoms with Crippen molar-refractivity contribution < 1.29 is 13.9 Å². The van der Waals surface area contributed by atoms with Crippen LogP contribution in [-0.4, -0.2) is 22.5 Å². The summed E-state index contributed by atoms with van der Waals surface area (Å²) in [6.07, 6.45) is 1.68. The molecule has 0 fully saturated rings. The molecule has 4 aromatic rings. The van der Waals surface area contributed by atoms with E-state index in [-0.39, 0.29) is 18.3 Å². The van der Waals surface area contributed by atoms with E-state index >= 15 is 0 Å². The number of rotatable bonds is 6. The molecule has 0 aliphatic rings. The third kappa shape index (κ3) is 4.25. The average molecular weight is 407 g/mol. The summed E-state index contributed by atoms with van der Waals surface area (Å²) >= 11 is 1.27. The first-order valence-corrected chi connectivity index (χ1v) is 9.96. The molecule has 2 aromatic heterocycles. The van der Waals surface area contributed by atoms with Gasteiger partial charge in [0, 0.05) is 11.8 Å². The van der Waals surface area contributed by atoms with Crippen LogP contribution < -0.4 is 9.64 Å². The molecule has 0 radical (unpaired) electrons. The maximum Gasteiger partial charge on any atom is 0.260 e. The molecule has 1 amide bonds. The molecule has 0 bridgehead atoms. The van der Waals surface area contributed by atoms with E-state index < -0.39 is 0 Å². The second-order valence-corrected chi connectivity index (χ2v) is 7.29. The molecular formula is C22H18FN3O2S. The Labute approximate surface area is 171 Å². The normalized spacial score (nSPS) is 10.8. The zero-order chi connectivity index (χ0) is 20.2. The summed E-state index contributed by atoms with van der Waals surface area (Å²) in [6.45, 7) is 2.72. The molecule has 0 saturated carbocycles. The SMILES string of the molecule is CCOc1ccc(C(=O)N(Cc2ccccn2)c2nc3ccc(F)cc3s2)cc1. The Kier molecular flexibility index (Phi) is 5.48. The van der Waals surface area contributed by atoms with E-state index in [4.69, 9.17) is 4.74 Å². The van der Waals surface area contributed by atoms with Crippen molar-refractivity contribution in [2.45, 2.75) is 13.5 Å². The fourth-order valence-electron chi connectivity index (χ4n) is 2.90. The van der Waals surface area contributed by atoms with Gasteiger partial charge in [-0.3, -0.25) is 14.7 Å². The highest BCUT2D eigenvalue weighted by atomic mass is 32.1. The van der Waals surface area contributed by atoms with Crippen molar-refractivity contribution in [2.75, 3.05) is 11.5 Å². The average Bonchev–Trinajstić information content (AvgIpc) is 3.16. The molecule has 2 aromatic carbocycles. The number of carbonyl (C=O) groups is 1. The summed E-state index contributed by atoms with van der Waals surface area (Å²) in [5, 5.41) is 0.495. The van der Waals surface area contributed by atoms with Gasteiger partial charge in [0.25, 0.3) is 5.91 Å². The second kappa shape index (κ2) is 8.36. The molecule has 0 aliphatic heterocycles. The first-order valence-electron chi connectivity index (χ1n) is 9.15. The molecule has 0 aliphatic carbocycles. The third-order valence-corrected chi connectivity index (χ3v) is 5.31. The van der Waals surface area contributed by atoms with Crippen LogP contribution >= 0.6 is 11.3 Å². The lowest BCUT2D eigenvalue weighted by Crippen LogP contribution is -2.30. The van der Waals surface area contributed by atoms with Crippen LogP contribution in [0.2, 0.25) is 0 Å². The zero-order valence-electron chi connectivity index (χ0n) is 15.7. The Morgan fingerprint density at radius 1 is 1.14 bits per heavy atom. The highest BCUT2D eigenvalue weighted by molar-refractivity contribution is 7.22. The zero-order valence-corrected chi connectivity index (χ0v) is 16.5. The number of carbonyl (C=O) groups excluding carboxylic acids is 1. The fourth-order valence-corrected chi connectivity index (χ4v) is 3.89. The summed E-state index contributed by atoms with van der Waals surface area (Å²) in [6, 6.07) is 16.9. The Bertz CT molecular complexity index is 1130. The minimum atomic E-state index is -0.332. The molecule has 0 spiro atoms. The van der Waals surface area contributed by atoms with Crippen molar-refractivity contribution in [1.82, 2.24) is 9.97 Å². The van der Waals surface area contributed by atoms with Crippen LogP contribution in [0.4, 0.5) is 9.52 Å². The predicted molar refractivity (Wildman–Crippen MR) is 112 cm³/mol. The van der Waals surface area contributed by atoms with Gasteiger partial charge in [0.05, 0.1) is 29.1 Å². The summed E-state index contributed by atoms with van der Waals surface area (Å²) in [5.41, 5.74) is 1.89. The van der Waals surface area contributed by atoms with E-state index in [2.05, 4.69) is 9.97 Å². The van der Waals surface area contributed by atoms with Gasteiger partial charge in [0.1, 0.15) is 11.6 Å². The Balaban J connectivity index is 1.71. The van der Waals surface area contributed by atoms with E-state index in [1.165, 1.54) is 23.5 Å². The van der Waals surface area contributed by atoms with Crippen LogP contribution in [0.5, 0.6) is 5.75 Å². The van der Waals surface area contributed by atoms with E-state index in [1.54, 1.807) is 41.4 Å². The Morgan fingerprint density at radius 3 is 2.69 bits per heavy atom.